The van der Waals surface area contributed by atoms with Crippen LogP contribution in [0.15, 0.2) is 48.5 Å². The summed E-state index contributed by atoms with van der Waals surface area (Å²) in [7, 11) is 0. The number of fused-ring (bicyclic) bond motifs is 1. The summed E-state index contributed by atoms with van der Waals surface area (Å²) in [6, 6.07) is 17.6. The van der Waals surface area contributed by atoms with Crippen LogP contribution in [0.3, 0.4) is 0 Å². The highest BCUT2D eigenvalue weighted by molar-refractivity contribution is 5.43. The molecule has 0 fully saturated rings. The molecule has 2 aromatic carbocycles. The van der Waals surface area contributed by atoms with Gasteiger partial charge in [0.2, 0.25) is 0 Å². The fraction of sp³-hybridized carbons (Fsp3) is 0.294. The Bertz CT molecular complexity index is 560. The highest BCUT2D eigenvalue weighted by Crippen LogP contribution is 2.43. The van der Waals surface area contributed by atoms with Crippen molar-refractivity contribution < 1.29 is 0 Å². The highest BCUT2D eigenvalue weighted by atomic mass is 15.2. The Morgan fingerprint density at radius 1 is 1.16 bits per heavy atom. The van der Waals surface area contributed by atoms with Gasteiger partial charge in [-0.15, -0.1) is 0 Å². The molecule has 2 atom stereocenters. The lowest BCUT2D eigenvalue weighted by Gasteiger charge is -2.36. The van der Waals surface area contributed by atoms with E-state index in [9.17, 15) is 0 Å². The summed E-state index contributed by atoms with van der Waals surface area (Å²) in [5.74, 6) is 6.29. The molecule has 3 rings (SSSR count). The number of hydrogen-bond donors (Lipinski definition) is 2. The van der Waals surface area contributed by atoms with E-state index in [0.717, 1.165) is 12.8 Å². The summed E-state index contributed by atoms with van der Waals surface area (Å²) in [5, 5.41) is 0. The maximum Gasteiger partial charge on any atom is 0.0531 e. The van der Waals surface area contributed by atoms with Gasteiger partial charge in [0.15, 0.2) is 0 Å². The van der Waals surface area contributed by atoms with Crippen LogP contribution < -0.4 is 11.3 Å². The minimum absolute atomic E-state index is 0.209. The summed E-state index contributed by atoms with van der Waals surface area (Å²) in [6.45, 7) is 2.18. The first-order valence-electron chi connectivity index (χ1n) is 6.96. The van der Waals surface area contributed by atoms with E-state index in [1.165, 1.54) is 22.3 Å². The van der Waals surface area contributed by atoms with Crippen LogP contribution in [0.2, 0.25) is 0 Å². The molecule has 0 heterocycles. The van der Waals surface area contributed by atoms with Crippen LogP contribution in [-0.4, -0.2) is 0 Å². The van der Waals surface area contributed by atoms with Crippen molar-refractivity contribution in [2.45, 2.75) is 31.7 Å². The third-order valence-electron chi connectivity index (χ3n) is 4.22. The molecule has 0 bridgehead atoms. The first-order valence-corrected chi connectivity index (χ1v) is 6.96. The van der Waals surface area contributed by atoms with Crippen molar-refractivity contribution in [1.29, 1.82) is 0 Å². The van der Waals surface area contributed by atoms with Gasteiger partial charge in [0.05, 0.1) is 6.04 Å². The molecule has 0 saturated carbocycles. The molecule has 1 aliphatic carbocycles. The van der Waals surface area contributed by atoms with E-state index >= 15 is 0 Å². The molecule has 0 amide bonds. The Hall–Kier alpha value is -1.64. The smallest absolute Gasteiger partial charge is 0.0531 e. The molecule has 1 aliphatic rings. The molecule has 2 aromatic rings. The molecule has 0 saturated heterocycles. The van der Waals surface area contributed by atoms with Gasteiger partial charge in [-0.25, -0.2) is 0 Å². The van der Waals surface area contributed by atoms with Gasteiger partial charge in [-0.2, -0.15) is 0 Å². The van der Waals surface area contributed by atoms with E-state index < -0.39 is 0 Å². The average molecular weight is 252 g/mol. The summed E-state index contributed by atoms with van der Waals surface area (Å²) in [5.41, 5.74) is 8.54. The van der Waals surface area contributed by atoms with Gasteiger partial charge in [0.1, 0.15) is 0 Å². The third kappa shape index (κ3) is 2.18. The van der Waals surface area contributed by atoms with Crippen molar-refractivity contribution in [3.05, 3.63) is 70.8 Å². The lowest BCUT2D eigenvalue weighted by atomic mass is 9.72. The van der Waals surface area contributed by atoms with Gasteiger partial charge in [0.25, 0.3) is 0 Å². The predicted molar refractivity (Wildman–Crippen MR) is 78.8 cm³/mol. The fourth-order valence-corrected chi connectivity index (χ4v) is 3.00. The van der Waals surface area contributed by atoms with Crippen molar-refractivity contribution in [3.8, 4) is 0 Å². The van der Waals surface area contributed by atoms with Crippen LogP contribution in [-0.2, 0) is 12.8 Å². The summed E-state index contributed by atoms with van der Waals surface area (Å²) in [4.78, 5) is 0. The van der Waals surface area contributed by atoms with Crippen molar-refractivity contribution in [1.82, 2.24) is 5.43 Å². The van der Waals surface area contributed by atoms with E-state index in [1.54, 1.807) is 0 Å². The zero-order valence-corrected chi connectivity index (χ0v) is 11.3. The lowest BCUT2D eigenvalue weighted by molar-refractivity contribution is 0.419. The molecule has 3 N–H and O–H groups in total. The first-order chi connectivity index (χ1) is 9.33. The third-order valence-corrected chi connectivity index (χ3v) is 4.22. The molecular weight excluding hydrogens is 232 g/mol. The standard InChI is InChI=1S/C17H20N2/c1-2-12-7-9-13(10-8-12)17(19-18)16-11-14-5-3-4-6-15(14)16/h3-10,16-17,19H,2,11,18H2,1H3. The Morgan fingerprint density at radius 3 is 2.53 bits per heavy atom. The number of hydrazine groups is 1. The largest absolute Gasteiger partial charge is 0.271 e. The molecule has 2 unspecified atom stereocenters. The zero-order valence-electron chi connectivity index (χ0n) is 11.3. The number of aryl methyl sites for hydroxylation is 1. The predicted octanol–water partition coefficient (Wildman–Crippen LogP) is 3.09. The van der Waals surface area contributed by atoms with E-state index in [1.807, 2.05) is 0 Å². The summed E-state index contributed by atoms with van der Waals surface area (Å²) in [6.07, 6.45) is 2.19. The van der Waals surface area contributed by atoms with Crippen LogP contribution in [0, 0.1) is 0 Å². The van der Waals surface area contributed by atoms with E-state index in [4.69, 9.17) is 5.84 Å². The molecule has 2 heteroatoms. The molecule has 0 aliphatic heterocycles. The minimum atomic E-state index is 0.209. The van der Waals surface area contributed by atoms with Crippen LogP contribution >= 0.6 is 0 Å². The number of hydrogen-bond acceptors (Lipinski definition) is 2. The van der Waals surface area contributed by atoms with Crippen molar-refractivity contribution >= 4 is 0 Å². The van der Waals surface area contributed by atoms with E-state index in [0.29, 0.717) is 5.92 Å². The maximum absolute atomic E-state index is 5.79. The minimum Gasteiger partial charge on any atom is -0.271 e. The number of nitrogens with two attached hydrogens (primary N) is 1. The highest BCUT2D eigenvalue weighted by Gasteiger charge is 2.32. The Labute approximate surface area is 114 Å². The van der Waals surface area contributed by atoms with Crippen LogP contribution in [0.5, 0.6) is 0 Å². The second-order valence-corrected chi connectivity index (χ2v) is 5.25. The van der Waals surface area contributed by atoms with Crippen molar-refractivity contribution in [3.63, 3.8) is 0 Å². The Kier molecular flexibility index (Phi) is 3.36. The van der Waals surface area contributed by atoms with Gasteiger partial charge < -0.3 is 0 Å². The maximum atomic E-state index is 5.79. The van der Waals surface area contributed by atoms with Crippen molar-refractivity contribution in [2.24, 2.45) is 5.84 Å². The van der Waals surface area contributed by atoms with E-state index in [-0.39, 0.29) is 6.04 Å². The molecule has 0 radical (unpaired) electrons. The van der Waals surface area contributed by atoms with Gasteiger partial charge in [0, 0.05) is 5.92 Å². The van der Waals surface area contributed by atoms with E-state index in [2.05, 4.69) is 60.9 Å². The second-order valence-electron chi connectivity index (χ2n) is 5.25. The fourth-order valence-electron chi connectivity index (χ4n) is 3.00. The monoisotopic (exact) mass is 252 g/mol. The molecular formula is C17H20N2. The number of benzene rings is 2. The Balaban J connectivity index is 1.86. The van der Waals surface area contributed by atoms with Gasteiger partial charge in [-0.05, 0) is 35.1 Å². The SMILES string of the molecule is CCc1ccc(C(NN)C2Cc3ccccc32)cc1. The van der Waals surface area contributed by atoms with Gasteiger partial charge >= 0.3 is 0 Å². The van der Waals surface area contributed by atoms with Crippen LogP contribution in [0.25, 0.3) is 0 Å². The second kappa shape index (κ2) is 5.16. The van der Waals surface area contributed by atoms with Crippen LogP contribution in [0.4, 0.5) is 0 Å². The average Bonchev–Trinajstić information content (AvgIpc) is 2.45. The molecule has 98 valence electrons. The quantitative estimate of drug-likeness (QED) is 0.648. The number of rotatable bonds is 4. The topological polar surface area (TPSA) is 38.0 Å². The normalized spacial score (nSPS) is 18.5. The molecule has 0 aromatic heterocycles. The summed E-state index contributed by atoms with van der Waals surface area (Å²) >= 11 is 0. The van der Waals surface area contributed by atoms with Crippen LogP contribution in [0.1, 0.15) is 41.1 Å². The summed E-state index contributed by atoms with van der Waals surface area (Å²) < 4.78 is 0. The number of nitrogens with one attached hydrogen (secondary N) is 1. The Morgan fingerprint density at radius 2 is 1.89 bits per heavy atom. The first kappa shape index (κ1) is 12.4. The van der Waals surface area contributed by atoms with Gasteiger partial charge in [-0.1, -0.05) is 55.5 Å². The lowest BCUT2D eigenvalue weighted by Crippen LogP contribution is -2.37. The van der Waals surface area contributed by atoms with Crippen molar-refractivity contribution in [2.75, 3.05) is 0 Å². The molecule has 19 heavy (non-hydrogen) atoms. The zero-order chi connectivity index (χ0) is 13.2. The molecule has 0 spiro atoms. The molecule has 2 nitrogen and oxygen atoms in total. The van der Waals surface area contributed by atoms with Gasteiger partial charge in [-0.3, -0.25) is 11.3 Å².